The Bertz CT molecular complexity index is 1310. The molecule has 5 rings (SSSR count). The van der Waals surface area contributed by atoms with Crippen LogP contribution in [0.5, 0.6) is 11.5 Å². The van der Waals surface area contributed by atoms with Crippen LogP contribution in [-0.4, -0.2) is 48.4 Å². The van der Waals surface area contributed by atoms with E-state index >= 15 is 0 Å². The highest BCUT2D eigenvalue weighted by atomic mass is 16.5. The summed E-state index contributed by atoms with van der Waals surface area (Å²) in [5, 5.41) is 15.9. The number of aromatic nitrogens is 4. The van der Waals surface area contributed by atoms with Gasteiger partial charge < -0.3 is 20.5 Å². The zero-order valence-corrected chi connectivity index (χ0v) is 18.8. The number of piperidine rings is 1. The predicted octanol–water partition coefficient (Wildman–Crippen LogP) is 3.76. The lowest BCUT2D eigenvalue weighted by atomic mass is 10.0. The number of benzene rings is 2. The van der Waals surface area contributed by atoms with Crippen LogP contribution in [0.1, 0.15) is 32.2 Å². The van der Waals surface area contributed by atoms with Crippen molar-refractivity contribution < 1.29 is 14.6 Å². The minimum Gasteiger partial charge on any atom is -0.457 e. The molecule has 0 saturated carbocycles. The van der Waals surface area contributed by atoms with Crippen LogP contribution in [-0.2, 0) is 4.79 Å². The molecule has 3 N–H and O–H groups in total. The third kappa shape index (κ3) is 4.06. The van der Waals surface area contributed by atoms with Gasteiger partial charge in [-0.2, -0.15) is 5.10 Å². The Morgan fingerprint density at radius 1 is 1.09 bits per heavy atom. The van der Waals surface area contributed by atoms with Gasteiger partial charge in [0.05, 0.1) is 11.4 Å². The molecule has 3 heterocycles. The number of hydrogen-bond acceptors (Lipinski definition) is 7. The van der Waals surface area contributed by atoms with Crippen molar-refractivity contribution in [2.24, 2.45) is 0 Å². The Morgan fingerprint density at radius 3 is 2.56 bits per heavy atom. The molecule has 1 aliphatic heterocycles. The summed E-state index contributed by atoms with van der Waals surface area (Å²) in [6.07, 6.45) is 2.12. The van der Waals surface area contributed by atoms with Gasteiger partial charge in [-0.05, 0) is 49.2 Å². The maximum absolute atomic E-state index is 12.3. The third-order valence-electron chi connectivity index (χ3n) is 6.12. The Labute approximate surface area is 196 Å². The lowest BCUT2D eigenvalue weighted by molar-refractivity contribution is -0.145. The minimum atomic E-state index is -0.776. The lowest BCUT2D eigenvalue weighted by Gasteiger charge is -2.36. The third-order valence-corrected chi connectivity index (χ3v) is 6.12. The van der Waals surface area contributed by atoms with Gasteiger partial charge in [-0.15, -0.1) is 0 Å². The van der Waals surface area contributed by atoms with E-state index in [-0.39, 0.29) is 11.9 Å². The number of hydrogen-bond donors (Lipinski definition) is 2. The van der Waals surface area contributed by atoms with E-state index in [2.05, 4.69) is 9.97 Å². The van der Waals surface area contributed by atoms with Crippen molar-refractivity contribution in [3.63, 3.8) is 0 Å². The van der Waals surface area contributed by atoms with Crippen LogP contribution in [0.2, 0.25) is 0 Å². The highest BCUT2D eigenvalue weighted by Crippen LogP contribution is 2.35. The zero-order valence-electron chi connectivity index (χ0n) is 18.8. The molecular weight excluding hydrogens is 432 g/mol. The molecule has 0 aliphatic carbocycles. The first-order chi connectivity index (χ1) is 16.5. The molecule has 0 radical (unpaired) electrons. The van der Waals surface area contributed by atoms with Crippen molar-refractivity contribution in [1.82, 2.24) is 24.6 Å². The van der Waals surface area contributed by atoms with E-state index in [1.807, 2.05) is 59.3 Å². The number of amides is 1. The molecule has 1 saturated heterocycles. The van der Waals surface area contributed by atoms with Crippen LogP contribution >= 0.6 is 0 Å². The molecular formula is C25H26N6O3. The smallest absolute Gasteiger partial charge is 0.224 e. The van der Waals surface area contributed by atoms with Gasteiger partial charge in [-0.25, -0.2) is 14.6 Å². The Hall–Kier alpha value is -3.98. The van der Waals surface area contributed by atoms with Crippen LogP contribution in [0, 0.1) is 0 Å². The van der Waals surface area contributed by atoms with Crippen molar-refractivity contribution in [2.45, 2.75) is 38.5 Å². The van der Waals surface area contributed by atoms with E-state index in [9.17, 15) is 9.90 Å². The molecule has 9 nitrogen and oxygen atoms in total. The summed E-state index contributed by atoms with van der Waals surface area (Å²) >= 11 is 0. The van der Waals surface area contributed by atoms with Crippen molar-refractivity contribution in [3.05, 3.63) is 60.9 Å². The zero-order chi connectivity index (χ0) is 23.7. The van der Waals surface area contributed by atoms with Gasteiger partial charge in [0.15, 0.2) is 5.65 Å². The number of ether oxygens (including phenoxy) is 1. The molecule has 1 amide bonds. The largest absolute Gasteiger partial charge is 0.457 e. The number of para-hydroxylation sites is 1. The van der Waals surface area contributed by atoms with Gasteiger partial charge in [-0.1, -0.05) is 25.1 Å². The monoisotopic (exact) mass is 458 g/mol. The fourth-order valence-electron chi connectivity index (χ4n) is 4.37. The topological polar surface area (TPSA) is 119 Å². The average Bonchev–Trinajstić information content (AvgIpc) is 3.26. The maximum Gasteiger partial charge on any atom is 0.224 e. The second-order valence-corrected chi connectivity index (χ2v) is 8.30. The summed E-state index contributed by atoms with van der Waals surface area (Å²) in [4.78, 5) is 22.5. The molecule has 2 atom stereocenters. The van der Waals surface area contributed by atoms with Crippen LogP contribution in [0.15, 0.2) is 60.9 Å². The van der Waals surface area contributed by atoms with Gasteiger partial charge in [-0.3, -0.25) is 4.79 Å². The number of carbonyl (C=O) groups is 1. The molecule has 9 heteroatoms. The standard InChI is InChI=1S/C25H26N6O3/c1-2-20(32)30-14-17(10-13-21(30)33)31-25-22(24(26)27-15-28-25)23(29-31)16-8-11-19(12-9-16)34-18-6-4-3-5-7-18/h3-9,11-12,15,17,21,33H,2,10,13-14H2,1H3,(H2,26,27,28). The number of nitrogens with zero attached hydrogens (tertiary/aromatic N) is 5. The van der Waals surface area contributed by atoms with Crippen molar-refractivity contribution in [1.29, 1.82) is 0 Å². The molecule has 2 unspecified atom stereocenters. The highest BCUT2D eigenvalue weighted by molar-refractivity contribution is 5.98. The van der Waals surface area contributed by atoms with Crippen molar-refractivity contribution in [3.8, 4) is 22.8 Å². The molecule has 174 valence electrons. The molecule has 4 aromatic rings. The number of anilines is 1. The van der Waals surface area contributed by atoms with E-state index in [4.69, 9.17) is 15.6 Å². The number of nitrogens with two attached hydrogens (primary N) is 1. The van der Waals surface area contributed by atoms with Gasteiger partial charge in [0.2, 0.25) is 5.91 Å². The fraction of sp³-hybridized carbons (Fsp3) is 0.280. The summed E-state index contributed by atoms with van der Waals surface area (Å²) in [6, 6.07) is 17.1. The van der Waals surface area contributed by atoms with E-state index in [1.165, 1.54) is 11.2 Å². The van der Waals surface area contributed by atoms with Crippen molar-refractivity contribution in [2.75, 3.05) is 12.3 Å². The number of aliphatic hydroxyl groups is 1. The second-order valence-electron chi connectivity index (χ2n) is 8.30. The van der Waals surface area contributed by atoms with Crippen LogP contribution in [0.4, 0.5) is 5.82 Å². The number of carbonyl (C=O) groups excluding carboxylic acids is 1. The Kier molecular flexibility index (Phi) is 5.85. The lowest BCUT2D eigenvalue weighted by Crippen LogP contribution is -2.47. The molecule has 34 heavy (non-hydrogen) atoms. The summed E-state index contributed by atoms with van der Waals surface area (Å²) < 4.78 is 7.72. The number of likely N-dealkylation sites (tertiary alicyclic amines) is 1. The first-order valence-corrected chi connectivity index (χ1v) is 11.3. The second kappa shape index (κ2) is 9.11. The van der Waals surface area contributed by atoms with Crippen LogP contribution in [0.3, 0.4) is 0 Å². The maximum atomic E-state index is 12.3. The SMILES string of the molecule is CCC(=O)N1CC(n2nc(-c3ccc(Oc4ccccc4)cc3)c3c(N)ncnc32)CCC1O. The quantitative estimate of drug-likeness (QED) is 0.467. The molecule has 0 spiro atoms. The molecule has 1 aliphatic rings. The summed E-state index contributed by atoms with van der Waals surface area (Å²) in [5.41, 5.74) is 8.38. The average molecular weight is 459 g/mol. The predicted molar refractivity (Wildman–Crippen MR) is 128 cm³/mol. The normalized spacial score (nSPS) is 18.2. The van der Waals surface area contributed by atoms with Gasteiger partial charge >= 0.3 is 0 Å². The first-order valence-electron chi connectivity index (χ1n) is 11.3. The molecule has 1 fully saturated rings. The number of fused-ring (bicyclic) bond motifs is 1. The summed E-state index contributed by atoms with van der Waals surface area (Å²) in [6.45, 7) is 2.15. The van der Waals surface area contributed by atoms with Crippen molar-refractivity contribution >= 4 is 22.8 Å². The van der Waals surface area contributed by atoms with Crippen LogP contribution in [0.25, 0.3) is 22.3 Å². The highest BCUT2D eigenvalue weighted by Gasteiger charge is 2.32. The summed E-state index contributed by atoms with van der Waals surface area (Å²) in [7, 11) is 0. The van der Waals surface area contributed by atoms with E-state index in [0.717, 1.165) is 11.3 Å². The number of aliphatic hydroxyl groups excluding tert-OH is 1. The molecule has 0 bridgehead atoms. The fourth-order valence-corrected chi connectivity index (χ4v) is 4.37. The number of nitrogen functional groups attached to an aromatic ring is 1. The van der Waals surface area contributed by atoms with E-state index < -0.39 is 6.23 Å². The van der Waals surface area contributed by atoms with E-state index in [1.54, 1.807) is 6.92 Å². The Morgan fingerprint density at radius 2 is 1.82 bits per heavy atom. The molecule has 2 aromatic carbocycles. The summed E-state index contributed by atoms with van der Waals surface area (Å²) in [5.74, 6) is 1.72. The molecule has 2 aromatic heterocycles. The van der Waals surface area contributed by atoms with Gasteiger partial charge in [0.1, 0.15) is 35.6 Å². The Balaban J connectivity index is 1.50. The first kappa shape index (κ1) is 21.8. The minimum absolute atomic E-state index is 0.0861. The van der Waals surface area contributed by atoms with Crippen LogP contribution < -0.4 is 10.5 Å². The van der Waals surface area contributed by atoms with Gasteiger partial charge in [0, 0.05) is 18.5 Å². The van der Waals surface area contributed by atoms with Gasteiger partial charge in [0.25, 0.3) is 0 Å². The number of rotatable bonds is 5. The van der Waals surface area contributed by atoms with E-state index in [0.29, 0.717) is 54.1 Å².